The predicted octanol–water partition coefficient (Wildman–Crippen LogP) is 10.2. The van der Waals surface area contributed by atoms with Crippen molar-refractivity contribution in [3.8, 4) is 0 Å². The van der Waals surface area contributed by atoms with E-state index in [-0.39, 0.29) is 0 Å². The average molecular weight is 538 g/mol. The Morgan fingerprint density at radius 3 is 0.921 bits per heavy atom. The maximum Gasteiger partial charge on any atom is 0.0110 e. The molecule has 0 unspecified atom stereocenters. The van der Waals surface area contributed by atoms with Gasteiger partial charge in [0, 0.05) is 26.2 Å². The topological polar surface area (TPSA) is 9.72 Å². The maximum atomic E-state index is 2.84. The minimum Gasteiger partial charge on any atom is -0.305 e. The number of hydrogen-bond acceptors (Lipinski definition) is 3. The van der Waals surface area contributed by atoms with Gasteiger partial charge in [-0.15, -0.1) is 0 Å². The van der Waals surface area contributed by atoms with Crippen molar-refractivity contribution in [2.24, 2.45) is 0 Å². The van der Waals surface area contributed by atoms with Crippen LogP contribution in [-0.2, 0) is 0 Å². The van der Waals surface area contributed by atoms with Crippen LogP contribution < -0.4 is 0 Å². The Morgan fingerprint density at radius 2 is 0.553 bits per heavy atom. The molecule has 0 amide bonds. The molecule has 0 N–H and O–H groups in total. The van der Waals surface area contributed by atoms with Gasteiger partial charge >= 0.3 is 0 Å². The molecule has 0 aromatic carbocycles. The summed E-state index contributed by atoms with van der Waals surface area (Å²) < 4.78 is 0. The van der Waals surface area contributed by atoms with E-state index in [1.807, 2.05) is 0 Å². The second kappa shape index (κ2) is 31.4. The molecule has 0 saturated carbocycles. The maximum absolute atomic E-state index is 2.84. The van der Waals surface area contributed by atoms with Crippen molar-refractivity contribution < 1.29 is 0 Å². The summed E-state index contributed by atoms with van der Waals surface area (Å²) in [6.45, 7) is 19.3. The first kappa shape index (κ1) is 37.9. The zero-order chi connectivity index (χ0) is 27.9. The summed E-state index contributed by atoms with van der Waals surface area (Å²) in [7, 11) is 2.27. The minimum atomic E-state index is 1.16. The molecule has 230 valence electrons. The van der Waals surface area contributed by atoms with Crippen LogP contribution in [0.4, 0.5) is 0 Å². The zero-order valence-electron chi connectivity index (χ0n) is 27.6. The van der Waals surface area contributed by atoms with Crippen molar-refractivity contribution in [2.75, 3.05) is 59.4 Å². The summed E-state index contributed by atoms with van der Waals surface area (Å²) in [5.74, 6) is 0. The SMILES string of the molecule is CCCCCCCCCCCCN(CCCCCCCCCCC)CCN(CCCCC)CCN(C)CC. The third-order valence-corrected chi connectivity index (χ3v) is 8.55. The molecule has 0 aromatic heterocycles. The van der Waals surface area contributed by atoms with Gasteiger partial charge in [0.25, 0.3) is 0 Å². The van der Waals surface area contributed by atoms with Crippen LogP contribution in [0.15, 0.2) is 0 Å². The molecule has 0 radical (unpaired) electrons. The number of rotatable bonds is 32. The highest BCUT2D eigenvalue weighted by Crippen LogP contribution is 2.13. The lowest BCUT2D eigenvalue weighted by molar-refractivity contribution is 0.180. The first-order chi connectivity index (χ1) is 18.7. The quantitative estimate of drug-likeness (QED) is 0.0790. The van der Waals surface area contributed by atoms with E-state index in [0.29, 0.717) is 0 Å². The molecule has 38 heavy (non-hydrogen) atoms. The van der Waals surface area contributed by atoms with Gasteiger partial charge in [0.05, 0.1) is 0 Å². The van der Waals surface area contributed by atoms with E-state index in [4.69, 9.17) is 0 Å². The van der Waals surface area contributed by atoms with E-state index < -0.39 is 0 Å². The van der Waals surface area contributed by atoms with Gasteiger partial charge in [-0.25, -0.2) is 0 Å². The summed E-state index contributed by atoms with van der Waals surface area (Å²) in [4.78, 5) is 8.07. The fourth-order valence-electron chi connectivity index (χ4n) is 5.48. The number of unbranched alkanes of at least 4 members (excludes halogenated alkanes) is 19. The first-order valence-electron chi connectivity index (χ1n) is 17.8. The van der Waals surface area contributed by atoms with Crippen molar-refractivity contribution >= 4 is 0 Å². The van der Waals surface area contributed by atoms with E-state index in [1.165, 1.54) is 187 Å². The van der Waals surface area contributed by atoms with Gasteiger partial charge in [-0.05, 0) is 52.5 Å². The van der Waals surface area contributed by atoms with Crippen LogP contribution in [0.5, 0.6) is 0 Å². The van der Waals surface area contributed by atoms with Gasteiger partial charge in [-0.2, -0.15) is 0 Å². The number of hydrogen-bond donors (Lipinski definition) is 0. The fourth-order valence-corrected chi connectivity index (χ4v) is 5.48. The van der Waals surface area contributed by atoms with Gasteiger partial charge in [-0.1, -0.05) is 150 Å². The highest BCUT2D eigenvalue weighted by Gasteiger charge is 2.10. The molecule has 0 spiro atoms. The summed E-state index contributed by atoms with van der Waals surface area (Å²) >= 11 is 0. The third-order valence-electron chi connectivity index (χ3n) is 8.55. The Bertz CT molecular complexity index is 427. The zero-order valence-corrected chi connectivity index (χ0v) is 27.6. The van der Waals surface area contributed by atoms with Crippen LogP contribution in [0.1, 0.15) is 169 Å². The van der Waals surface area contributed by atoms with Crippen molar-refractivity contribution in [3.05, 3.63) is 0 Å². The van der Waals surface area contributed by atoms with Crippen molar-refractivity contribution in [1.29, 1.82) is 0 Å². The molecular formula is C35H75N3. The predicted molar refractivity (Wildman–Crippen MR) is 175 cm³/mol. The molecule has 0 saturated heterocycles. The highest BCUT2D eigenvalue weighted by molar-refractivity contribution is 4.67. The molecule has 0 atom stereocenters. The van der Waals surface area contributed by atoms with Gasteiger partial charge < -0.3 is 14.7 Å². The molecule has 0 bridgehead atoms. The second-order valence-electron chi connectivity index (χ2n) is 12.3. The molecule has 0 heterocycles. The molecule has 0 aromatic rings. The van der Waals surface area contributed by atoms with E-state index in [2.05, 4.69) is 49.4 Å². The Morgan fingerprint density at radius 1 is 0.289 bits per heavy atom. The van der Waals surface area contributed by atoms with Gasteiger partial charge in [0.2, 0.25) is 0 Å². The normalized spacial score (nSPS) is 12.0. The minimum absolute atomic E-state index is 1.16. The molecule has 0 aliphatic heterocycles. The van der Waals surface area contributed by atoms with E-state index >= 15 is 0 Å². The largest absolute Gasteiger partial charge is 0.305 e. The summed E-state index contributed by atoms with van der Waals surface area (Å²) in [6.07, 6.45) is 31.4. The second-order valence-corrected chi connectivity index (χ2v) is 12.3. The van der Waals surface area contributed by atoms with Crippen LogP contribution >= 0.6 is 0 Å². The summed E-state index contributed by atoms with van der Waals surface area (Å²) in [5, 5.41) is 0. The Hall–Kier alpha value is -0.120. The molecular weight excluding hydrogens is 462 g/mol. The van der Waals surface area contributed by atoms with E-state index in [9.17, 15) is 0 Å². The summed E-state index contributed by atoms with van der Waals surface area (Å²) in [6, 6.07) is 0. The van der Waals surface area contributed by atoms with Crippen LogP contribution in [0.3, 0.4) is 0 Å². The summed E-state index contributed by atoms with van der Waals surface area (Å²) in [5.41, 5.74) is 0. The van der Waals surface area contributed by atoms with Crippen molar-refractivity contribution in [1.82, 2.24) is 14.7 Å². The molecule has 0 aliphatic rings. The molecule has 3 heteroatoms. The molecule has 3 nitrogen and oxygen atoms in total. The van der Waals surface area contributed by atoms with E-state index in [0.717, 1.165) is 6.54 Å². The van der Waals surface area contributed by atoms with Crippen molar-refractivity contribution in [2.45, 2.75) is 169 Å². The first-order valence-corrected chi connectivity index (χ1v) is 17.8. The fraction of sp³-hybridized carbons (Fsp3) is 1.00. The van der Waals surface area contributed by atoms with E-state index in [1.54, 1.807) is 0 Å². The standard InChI is InChI=1S/C35H75N3/c1-6-10-13-15-17-19-21-23-25-28-31-37(30-27-24-22-20-18-16-14-11-7-2)34-35-38(29-26-12-8-3)33-32-36(5)9-4/h6-35H2,1-5H3. The van der Waals surface area contributed by atoms with Crippen molar-refractivity contribution in [3.63, 3.8) is 0 Å². The Labute approximate surface area is 242 Å². The molecule has 0 aliphatic carbocycles. The lowest BCUT2D eigenvalue weighted by Crippen LogP contribution is -2.40. The van der Waals surface area contributed by atoms with Crippen LogP contribution in [-0.4, -0.2) is 74.1 Å². The monoisotopic (exact) mass is 538 g/mol. The smallest absolute Gasteiger partial charge is 0.0110 e. The third kappa shape index (κ3) is 27.4. The average Bonchev–Trinajstić information content (AvgIpc) is 2.93. The van der Waals surface area contributed by atoms with Crippen LogP contribution in [0, 0.1) is 0 Å². The Balaban J connectivity index is 4.39. The lowest BCUT2D eigenvalue weighted by Gasteiger charge is -2.29. The Kier molecular flexibility index (Phi) is 31.3. The number of likely N-dealkylation sites (N-methyl/N-ethyl adjacent to an activating group) is 1. The molecule has 0 rings (SSSR count). The highest BCUT2D eigenvalue weighted by atomic mass is 15.2. The molecule has 0 fully saturated rings. The number of nitrogens with zero attached hydrogens (tertiary/aromatic N) is 3. The van der Waals surface area contributed by atoms with Gasteiger partial charge in [0.15, 0.2) is 0 Å². The van der Waals surface area contributed by atoms with Crippen LogP contribution in [0.2, 0.25) is 0 Å². The lowest BCUT2D eigenvalue weighted by atomic mass is 10.1. The van der Waals surface area contributed by atoms with Crippen LogP contribution in [0.25, 0.3) is 0 Å². The van der Waals surface area contributed by atoms with Gasteiger partial charge in [0.1, 0.15) is 0 Å². The van der Waals surface area contributed by atoms with Gasteiger partial charge in [-0.3, -0.25) is 0 Å².